The number of aryl methyl sites for hydroxylation is 1. The van der Waals surface area contributed by atoms with Crippen molar-refractivity contribution in [3.8, 4) is 11.1 Å². The van der Waals surface area contributed by atoms with Crippen LogP contribution in [0.4, 0.5) is 0 Å². The third-order valence-corrected chi connectivity index (χ3v) is 3.47. The van der Waals surface area contributed by atoms with Gasteiger partial charge in [-0.05, 0) is 69.5 Å². The highest BCUT2D eigenvalue weighted by Gasteiger charge is 2.17. The Hall–Kier alpha value is -2.42. The van der Waals surface area contributed by atoms with Crippen LogP contribution in [0.3, 0.4) is 0 Å². The van der Waals surface area contributed by atoms with Gasteiger partial charge in [0, 0.05) is 5.56 Å². The minimum absolute atomic E-state index is 0.0507. The molecule has 0 N–H and O–H groups in total. The van der Waals surface area contributed by atoms with Crippen LogP contribution in [-0.2, 0) is 4.74 Å². The molecule has 0 spiro atoms. The first-order valence-electron chi connectivity index (χ1n) is 7.63. The number of Topliss-reactive ketones (excluding diaryl/α,β-unsaturated/α-hetero) is 1. The fraction of sp³-hybridized carbons (Fsp3) is 0.300. The molecule has 0 amide bonds. The molecule has 0 unspecified atom stereocenters. The zero-order valence-corrected chi connectivity index (χ0v) is 14.3. The van der Waals surface area contributed by atoms with E-state index in [1.807, 2.05) is 58.0 Å². The molecule has 0 aliphatic heterocycles. The molecule has 0 aliphatic carbocycles. The molecule has 0 atom stereocenters. The summed E-state index contributed by atoms with van der Waals surface area (Å²) in [5.41, 5.74) is 3.60. The van der Waals surface area contributed by atoms with E-state index >= 15 is 0 Å². The van der Waals surface area contributed by atoms with E-state index < -0.39 is 5.60 Å². The summed E-state index contributed by atoms with van der Waals surface area (Å²) in [6.07, 6.45) is 0. The van der Waals surface area contributed by atoms with Gasteiger partial charge in [-0.15, -0.1) is 0 Å². The Morgan fingerprint density at radius 3 is 2.00 bits per heavy atom. The van der Waals surface area contributed by atoms with Crippen molar-refractivity contribution in [2.45, 2.75) is 40.2 Å². The van der Waals surface area contributed by atoms with Crippen LogP contribution in [0.15, 0.2) is 42.5 Å². The summed E-state index contributed by atoms with van der Waals surface area (Å²) in [5, 5.41) is 0. The van der Waals surface area contributed by atoms with Crippen LogP contribution in [0.1, 0.15) is 54.0 Å². The maximum Gasteiger partial charge on any atom is 0.338 e. The molecule has 2 rings (SSSR count). The van der Waals surface area contributed by atoms with Gasteiger partial charge < -0.3 is 4.74 Å². The van der Waals surface area contributed by atoms with E-state index in [9.17, 15) is 9.59 Å². The summed E-state index contributed by atoms with van der Waals surface area (Å²) in [6, 6.07) is 13.0. The second-order valence-electron chi connectivity index (χ2n) is 6.67. The molecule has 2 aromatic carbocycles. The van der Waals surface area contributed by atoms with Crippen molar-refractivity contribution in [1.82, 2.24) is 0 Å². The van der Waals surface area contributed by atoms with Gasteiger partial charge in [-0.2, -0.15) is 0 Å². The van der Waals surface area contributed by atoms with Gasteiger partial charge in [0.1, 0.15) is 5.60 Å². The third-order valence-electron chi connectivity index (χ3n) is 3.47. The van der Waals surface area contributed by atoms with Crippen LogP contribution in [0.2, 0.25) is 0 Å². The number of hydrogen-bond acceptors (Lipinski definition) is 3. The highest BCUT2D eigenvalue weighted by molar-refractivity contribution is 5.97. The first-order valence-corrected chi connectivity index (χ1v) is 7.63. The van der Waals surface area contributed by atoms with Crippen molar-refractivity contribution in [1.29, 1.82) is 0 Å². The molecule has 0 saturated heterocycles. The van der Waals surface area contributed by atoms with Gasteiger partial charge in [-0.1, -0.05) is 24.3 Å². The number of ether oxygens (including phenoxy) is 1. The zero-order chi connectivity index (χ0) is 17.2. The van der Waals surface area contributed by atoms with Crippen molar-refractivity contribution in [2.24, 2.45) is 0 Å². The quantitative estimate of drug-likeness (QED) is 0.603. The second kappa shape index (κ2) is 6.37. The molecule has 0 saturated carbocycles. The van der Waals surface area contributed by atoms with E-state index in [2.05, 4.69) is 0 Å². The maximum absolute atomic E-state index is 12.0. The van der Waals surface area contributed by atoms with Gasteiger partial charge >= 0.3 is 5.97 Å². The molecule has 0 radical (unpaired) electrons. The third kappa shape index (κ3) is 4.28. The Balaban J connectivity index is 2.28. The monoisotopic (exact) mass is 310 g/mol. The SMILES string of the molecule is CC(=O)c1cc(-c2ccc(C(=O)OC(C)(C)C)cc2)ccc1C. The molecule has 23 heavy (non-hydrogen) atoms. The Morgan fingerprint density at radius 2 is 1.48 bits per heavy atom. The van der Waals surface area contributed by atoms with Gasteiger partial charge in [0.15, 0.2) is 5.78 Å². The lowest BCUT2D eigenvalue weighted by atomic mass is 9.97. The van der Waals surface area contributed by atoms with Crippen LogP contribution in [0, 0.1) is 6.92 Å². The van der Waals surface area contributed by atoms with E-state index in [1.54, 1.807) is 19.1 Å². The molecule has 3 nitrogen and oxygen atoms in total. The van der Waals surface area contributed by atoms with Gasteiger partial charge in [-0.3, -0.25) is 4.79 Å². The summed E-state index contributed by atoms with van der Waals surface area (Å²) in [6.45, 7) is 9.02. The van der Waals surface area contributed by atoms with Crippen molar-refractivity contribution in [3.05, 3.63) is 59.2 Å². The number of rotatable bonds is 3. The molecule has 0 aliphatic rings. The van der Waals surface area contributed by atoms with Gasteiger partial charge in [0.25, 0.3) is 0 Å². The Morgan fingerprint density at radius 1 is 0.913 bits per heavy atom. The Kier molecular flexibility index (Phi) is 4.69. The first kappa shape index (κ1) is 16.9. The number of benzene rings is 2. The van der Waals surface area contributed by atoms with Crippen molar-refractivity contribution in [3.63, 3.8) is 0 Å². The Labute approximate surface area is 137 Å². The predicted octanol–water partition coefficient (Wildman–Crippen LogP) is 4.82. The van der Waals surface area contributed by atoms with Crippen LogP contribution in [-0.4, -0.2) is 17.4 Å². The number of hydrogen-bond donors (Lipinski definition) is 0. The lowest BCUT2D eigenvalue weighted by molar-refractivity contribution is 0.00695. The van der Waals surface area contributed by atoms with E-state index in [0.29, 0.717) is 5.56 Å². The van der Waals surface area contributed by atoms with Crippen LogP contribution in [0.25, 0.3) is 11.1 Å². The number of carbonyl (C=O) groups is 2. The largest absolute Gasteiger partial charge is 0.456 e. The van der Waals surface area contributed by atoms with Crippen LogP contribution >= 0.6 is 0 Å². The molecule has 120 valence electrons. The average Bonchev–Trinajstić information content (AvgIpc) is 2.46. The molecule has 0 bridgehead atoms. The molecule has 2 aromatic rings. The fourth-order valence-corrected chi connectivity index (χ4v) is 2.32. The fourth-order valence-electron chi connectivity index (χ4n) is 2.32. The van der Waals surface area contributed by atoms with E-state index in [-0.39, 0.29) is 11.8 Å². The van der Waals surface area contributed by atoms with Crippen molar-refractivity contribution in [2.75, 3.05) is 0 Å². The van der Waals surface area contributed by atoms with Crippen molar-refractivity contribution < 1.29 is 14.3 Å². The second-order valence-corrected chi connectivity index (χ2v) is 6.67. The summed E-state index contributed by atoms with van der Waals surface area (Å²) in [4.78, 5) is 23.7. The van der Waals surface area contributed by atoms with Gasteiger partial charge in [-0.25, -0.2) is 4.79 Å². The summed E-state index contributed by atoms with van der Waals surface area (Å²) >= 11 is 0. The number of ketones is 1. The van der Waals surface area contributed by atoms with Gasteiger partial charge in [0.2, 0.25) is 0 Å². The summed E-state index contributed by atoms with van der Waals surface area (Å²) in [7, 11) is 0. The highest BCUT2D eigenvalue weighted by Crippen LogP contribution is 2.24. The van der Waals surface area contributed by atoms with E-state index in [0.717, 1.165) is 22.3 Å². The standard InChI is InChI=1S/C20H22O3/c1-13-6-7-17(12-18(13)14(2)21)15-8-10-16(11-9-15)19(22)23-20(3,4)5/h6-12H,1-5H3. The smallest absolute Gasteiger partial charge is 0.338 e. The number of esters is 1. The van der Waals surface area contributed by atoms with Crippen molar-refractivity contribution >= 4 is 11.8 Å². The zero-order valence-electron chi connectivity index (χ0n) is 14.3. The summed E-state index contributed by atoms with van der Waals surface area (Å²) < 4.78 is 5.35. The minimum atomic E-state index is -0.511. The van der Waals surface area contributed by atoms with Crippen LogP contribution < -0.4 is 0 Å². The highest BCUT2D eigenvalue weighted by atomic mass is 16.6. The first-order chi connectivity index (χ1) is 10.7. The Bertz CT molecular complexity index is 734. The molecule has 0 fully saturated rings. The average molecular weight is 310 g/mol. The molecule has 0 aromatic heterocycles. The molecule has 3 heteroatoms. The van der Waals surface area contributed by atoms with Gasteiger partial charge in [0.05, 0.1) is 5.56 Å². The lowest BCUT2D eigenvalue weighted by Gasteiger charge is -2.19. The maximum atomic E-state index is 12.0. The summed E-state index contributed by atoms with van der Waals surface area (Å²) in [5.74, 6) is -0.285. The number of carbonyl (C=O) groups excluding carboxylic acids is 2. The topological polar surface area (TPSA) is 43.4 Å². The molecule has 0 heterocycles. The lowest BCUT2D eigenvalue weighted by Crippen LogP contribution is -2.23. The van der Waals surface area contributed by atoms with Crippen LogP contribution in [0.5, 0.6) is 0 Å². The van der Waals surface area contributed by atoms with E-state index in [1.165, 1.54) is 0 Å². The molecular weight excluding hydrogens is 288 g/mol. The predicted molar refractivity (Wildman–Crippen MR) is 91.8 cm³/mol. The van der Waals surface area contributed by atoms with E-state index in [4.69, 9.17) is 4.74 Å². The molecular formula is C20H22O3. The normalized spacial score (nSPS) is 11.2. The minimum Gasteiger partial charge on any atom is -0.456 e.